The maximum absolute atomic E-state index is 13.4. The number of para-hydroxylation sites is 1. The van der Waals surface area contributed by atoms with Gasteiger partial charge in [-0.2, -0.15) is 5.10 Å². The van der Waals surface area contributed by atoms with E-state index in [-0.39, 0.29) is 16.4 Å². The highest BCUT2D eigenvalue weighted by Crippen LogP contribution is 2.28. The van der Waals surface area contributed by atoms with Crippen molar-refractivity contribution in [2.75, 3.05) is 24.6 Å². The van der Waals surface area contributed by atoms with Crippen LogP contribution in [0.5, 0.6) is 17.2 Å². The van der Waals surface area contributed by atoms with Crippen molar-refractivity contribution >= 4 is 27.8 Å². The van der Waals surface area contributed by atoms with Crippen molar-refractivity contribution in [2.24, 2.45) is 5.10 Å². The lowest BCUT2D eigenvalue weighted by atomic mass is 10.2. The summed E-state index contributed by atoms with van der Waals surface area (Å²) in [6.07, 6.45) is 1.24. The Bertz CT molecular complexity index is 1290. The second-order valence-corrected chi connectivity index (χ2v) is 9.31. The lowest BCUT2D eigenvalue weighted by Gasteiger charge is -2.24. The molecule has 0 heterocycles. The van der Waals surface area contributed by atoms with Gasteiger partial charge in [0, 0.05) is 5.56 Å². The molecule has 0 saturated carbocycles. The van der Waals surface area contributed by atoms with Crippen molar-refractivity contribution in [1.82, 2.24) is 5.43 Å². The van der Waals surface area contributed by atoms with Gasteiger partial charge in [-0.1, -0.05) is 23.8 Å². The van der Waals surface area contributed by atoms with Crippen LogP contribution in [0.3, 0.4) is 0 Å². The van der Waals surface area contributed by atoms with Crippen molar-refractivity contribution in [2.45, 2.75) is 18.7 Å². The molecule has 0 atom stereocenters. The fourth-order valence-electron chi connectivity index (χ4n) is 3.18. The summed E-state index contributed by atoms with van der Waals surface area (Å²) in [4.78, 5) is 12.7. The first-order valence-electron chi connectivity index (χ1n) is 10.8. The summed E-state index contributed by atoms with van der Waals surface area (Å²) >= 11 is 0. The van der Waals surface area contributed by atoms with Crippen LogP contribution in [0.4, 0.5) is 5.69 Å². The van der Waals surface area contributed by atoms with E-state index in [0.717, 1.165) is 9.87 Å². The average Bonchev–Trinajstić information content (AvgIpc) is 2.84. The van der Waals surface area contributed by atoms with Crippen molar-refractivity contribution in [3.63, 3.8) is 0 Å². The van der Waals surface area contributed by atoms with Crippen LogP contribution in [0, 0.1) is 6.92 Å². The van der Waals surface area contributed by atoms with Gasteiger partial charge >= 0.3 is 0 Å². The maximum atomic E-state index is 13.4. The number of phenolic OH excluding ortho intramolecular Hbond substituents is 1. The molecule has 0 aliphatic heterocycles. The van der Waals surface area contributed by atoms with Gasteiger partial charge in [-0.15, -0.1) is 0 Å². The lowest BCUT2D eigenvalue weighted by Crippen LogP contribution is -2.39. The minimum atomic E-state index is -4.06. The monoisotopic (exact) mass is 497 g/mol. The van der Waals surface area contributed by atoms with Gasteiger partial charge in [0.2, 0.25) is 0 Å². The number of anilines is 1. The van der Waals surface area contributed by atoms with Crippen LogP contribution in [0.25, 0.3) is 0 Å². The quantitative estimate of drug-likeness (QED) is 0.327. The molecule has 1 amide bonds. The summed E-state index contributed by atoms with van der Waals surface area (Å²) in [5.74, 6) is 0.0291. The Kier molecular flexibility index (Phi) is 8.32. The number of rotatable bonds is 10. The molecule has 0 aliphatic rings. The number of benzene rings is 3. The molecule has 0 fully saturated rings. The molecule has 0 radical (unpaired) electrons. The normalized spacial score (nSPS) is 11.3. The molecular weight excluding hydrogens is 470 g/mol. The molecule has 0 aliphatic carbocycles. The van der Waals surface area contributed by atoms with E-state index in [2.05, 4.69) is 10.5 Å². The predicted octanol–water partition coefficient (Wildman–Crippen LogP) is 3.45. The second kappa shape index (κ2) is 11.4. The van der Waals surface area contributed by atoms with Crippen molar-refractivity contribution < 1.29 is 27.8 Å². The van der Waals surface area contributed by atoms with Crippen molar-refractivity contribution in [3.05, 3.63) is 77.9 Å². The number of sulfonamides is 1. The van der Waals surface area contributed by atoms with E-state index in [1.807, 2.05) is 13.8 Å². The molecule has 0 aromatic heterocycles. The Balaban J connectivity index is 1.85. The first-order valence-corrected chi connectivity index (χ1v) is 12.2. The van der Waals surface area contributed by atoms with Crippen LogP contribution in [0.1, 0.15) is 18.1 Å². The van der Waals surface area contributed by atoms with Crippen molar-refractivity contribution in [1.29, 1.82) is 0 Å². The highest BCUT2D eigenvalue weighted by Gasteiger charge is 2.27. The summed E-state index contributed by atoms with van der Waals surface area (Å²) in [6.45, 7) is 3.64. The summed E-state index contributed by atoms with van der Waals surface area (Å²) in [6, 6.07) is 17.6. The van der Waals surface area contributed by atoms with Crippen LogP contribution in [-0.2, 0) is 14.8 Å². The SMILES string of the molecule is CCOc1ccc(N(CC(=O)N/N=C\c2cccc(OC)c2O)S(=O)(=O)c2ccc(C)cc2)cc1. The lowest BCUT2D eigenvalue weighted by molar-refractivity contribution is -0.119. The van der Waals surface area contributed by atoms with Gasteiger partial charge in [0.05, 0.1) is 30.5 Å². The van der Waals surface area contributed by atoms with E-state index >= 15 is 0 Å². The van der Waals surface area contributed by atoms with Gasteiger partial charge in [-0.05, 0) is 62.4 Å². The molecular formula is C25H27N3O6S. The summed E-state index contributed by atoms with van der Waals surface area (Å²) in [5, 5.41) is 14.0. The second-order valence-electron chi connectivity index (χ2n) is 7.44. The minimum Gasteiger partial charge on any atom is -0.504 e. The molecule has 184 valence electrons. The number of carbonyl (C=O) groups excluding carboxylic acids is 1. The number of nitrogens with zero attached hydrogens (tertiary/aromatic N) is 2. The first-order chi connectivity index (χ1) is 16.8. The Labute approximate surface area is 204 Å². The molecule has 3 aromatic rings. The third-order valence-corrected chi connectivity index (χ3v) is 6.76. The van der Waals surface area contributed by atoms with E-state index in [9.17, 15) is 18.3 Å². The van der Waals surface area contributed by atoms with Gasteiger partial charge in [-0.25, -0.2) is 13.8 Å². The number of hydrogen-bond acceptors (Lipinski definition) is 7. The Morgan fingerprint density at radius 1 is 1.09 bits per heavy atom. The average molecular weight is 498 g/mol. The number of aryl methyl sites for hydroxylation is 1. The molecule has 0 spiro atoms. The zero-order valence-electron chi connectivity index (χ0n) is 19.6. The van der Waals surface area contributed by atoms with Gasteiger partial charge in [0.15, 0.2) is 11.5 Å². The van der Waals surface area contributed by atoms with Crippen LogP contribution >= 0.6 is 0 Å². The third kappa shape index (κ3) is 6.30. The number of hydrazone groups is 1. The molecule has 3 rings (SSSR count). The molecule has 35 heavy (non-hydrogen) atoms. The molecule has 0 saturated heterocycles. The number of hydrogen-bond donors (Lipinski definition) is 2. The van der Waals surface area contributed by atoms with Gasteiger partial charge in [0.1, 0.15) is 12.3 Å². The third-order valence-electron chi connectivity index (χ3n) is 4.97. The number of phenols is 1. The van der Waals surface area contributed by atoms with Crippen molar-refractivity contribution in [3.8, 4) is 17.2 Å². The maximum Gasteiger partial charge on any atom is 0.264 e. The Morgan fingerprint density at radius 2 is 1.77 bits per heavy atom. The molecule has 2 N–H and O–H groups in total. The fraction of sp³-hybridized carbons (Fsp3) is 0.200. The summed E-state index contributed by atoms with van der Waals surface area (Å²) < 4.78 is 38.3. The van der Waals surface area contributed by atoms with Gasteiger partial charge in [0.25, 0.3) is 15.9 Å². The molecule has 10 heteroatoms. The minimum absolute atomic E-state index is 0.0505. The predicted molar refractivity (Wildman–Crippen MR) is 134 cm³/mol. The van der Waals surface area contributed by atoms with Crippen LogP contribution in [0.15, 0.2) is 76.7 Å². The largest absolute Gasteiger partial charge is 0.504 e. The molecule has 0 unspecified atom stereocenters. The topological polar surface area (TPSA) is 118 Å². The number of aromatic hydroxyl groups is 1. The Morgan fingerprint density at radius 3 is 2.40 bits per heavy atom. The standard InChI is InChI=1S/C25H27N3O6S/c1-4-34-21-12-10-20(11-13-21)28(35(31,32)22-14-8-18(2)9-15-22)17-24(29)27-26-16-19-6-5-7-23(33-3)25(19)30/h5-16,30H,4,17H2,1-3H3,(H,27,29)/b26-16-. The van der Waals surface area contributed by atoms with Gasteiger partial charge < -0.3 is 14.6 Å². The summed E-state index contributed by atoms with van der Waals surface area (Å²) in [7, 11) is -2.64. The van der Waals surface area contributed by atoms with E-state index in [0.29, 0.717) is 23.6 Å². The van der Waals surface area contributed by atoms with Gasteiger partial charge in [-0.3, -0.25) is 9.10 Å². The number of methoxy groups -OCH3 is 1. The number of nitrogens with one attached hydrogen (secondary N) is 1. The van der Waals surface area contributed by atoms with E-state index in [4.69, 9.17) is 9.47 Å². The summed E-state index contributed by atoms with van der Waals surface area (Å²) in [5.41, 5.74) is 3.83. The smallest absolute Gasteiger partial charge is 0.264 e. The van der Waals surface area contributed by atoms with E-state index in [1.54, 1.807) is 54.6 Å². The zero-order valence-corrected chi connectivity index (χ0v) is 20.5. The number of ether oxygens (including phenoxy) is 2. The van der Waals surface area contributed by atoms with E-state index in [1.165, 1.54) is 25.5 Å². The number of carbonyl (C=O) groups is 1. The van der Waals surface area contributed by atoms with E-state index < -0.39 is 22.5 Å². The Hall–Kier alpha value is -4.05. The van der Waals surface area contributed by atoms with Crippen LogP contribution in [0.2, 0.25) is 0 Å². The highest BCUT2D eigenvalue weighted by atomic mass is 32.2. The van der Waals surface area contributed by atoms with Crippen LogP contribution < -0.4 is 19.2 Å². The number of amides is 1. The zero-order chi connectivity index (χ0) is 25.4. The highest BCUT2D eigenvalue weighted by molar-refractivity contribution is 7.92. The molecule has 9 nitrogen and oxygen atoms in total. The first kappa shape index (κ1) is 25.6. The van der Waals surface area contributed by atoms with Crippen LogP contribution in [-0.4, -0.2) is 45.9 Å². The molecule has 3 aromatic carbocycles. The molecule has 0 bridgehead atoms. The fourth-order valence-corrected chi connectivity index (χ4v) is 4.60.